The van der Waals surface area contributed by atoms with E-state index in [1.807, 2.05) is 32.0 Å². The Morgan fingerprint density at radius 2 is 1.67 bits per heavy atom. The number of halogens is 4. The molecule has 1 atom stereocenters. The van der Waals surface area contributed by atoms with Gasteiger partial charge in [0.2, 0.25) is 0 Å². The van der Waals surface area contributed by atoms with Gasteiger partial charge in [-0.1, -0.05) is 34.1 Å². The summed E-state index contributed by atoms with van der Waals surface area (Å²) >= 11 is 3.41. The van der Waals surface area contributed by atoms with Gasteiger partial charge in [-0.3, -0.25) is 0 Å². The smallest absolute Gasteiger partial charge is 0.378 e. The van der Waals surface area contributed by atoms with Crippen molar-refractivity contribution in [2.24, 2.45) is 0 Å². The minimum Gasteiger partial charge on any atom is -0.378 e. The Morgan fingerprint density at radius 3 is 2.24 bits per heavy atom. The molecule has 5 heteroatoms. The average Bonchev–Trinajstić information content (AvgIpc) is 2.42. The first kappa shape index (κ1) is 15.9. The van der Waals surface area contributed by atoms with Gasteiger partial charge in [-0.15, -0.1) is 0 Å². The van der Waals surface area contributed by atoms with Crippen LogP contribution in [-0.2, 0) is 6.18 Å². The van der Waals surface area contributed by atoms with Gasteiger partial charge in [-0.25, -0.2) is 0 Å². The maximum atomic E-state index is 12.5. The van der Waals surface area contributed by atoms with Crippen LogP contribution in [0.5, 0.6) is 0 Å². The summed E-state index contributed by atoms with van der Waals surface area (Å²) < 4.78 is 38.6. The van der Waals surface area contributed by atoms with Crippen LogP contribution in [-0.4, -0.2) is 0 Å². The summed E-state index contributed by atoms with van der Waals surface area (Å²) in [5, 5.41) is 3.31. The first-order valence-electron chi connectivity index (χ1n) is 6.47. The van der Waals surface area contributed by atoms with Crippen molar-refractivity contribution in [3.8, 4) is 0 Å². The van der Waals surface area contributed by atoms with Crippen LogP contribution in [0.1, 0.15) is 29.7 Å². The summed E-state index contributed by atoms with van der Waals surface area (Å²) in [5.74, 6) is 0. The van der Waals surface area contributed by atoms with Crippen molar-refractivity contribution in [3.63, 3.8) is 0 Å². The fourth-order valence-corrected chi connectivity index (χ4v) is 2.39. The van der Waals surface area contributed by atoms with E-state index in [2.05, 4.69) is 21.2 Å². The molecule has 21 heavy (non-hydrogen) atoms. The zero-order chi connectivity index (χ0) is 15.6. The summed E-state index contributed by atoms with van der Waals surface area (Å²) in [6.07, 6.45) is -4.30. The quantitative estimate of drug-likeness (QED) is 0.715. The number of alkyl halides is 3. The van der Waals surface area contributed by atoms with Crippen LogP contribution in [0.2, 0.25) is 0 Å². The van der Waals surface area contributed by atoms with Crippen molar-refractivity contribution >= 4 is 21.6 Å². The first-order chi connectivity index (χ1) is 9.77. The third kappa shape index (κ3) is 4.00. The molecule has 0 spiro atoms. The molecular formula is C16H15BrF3N. The molecule has 1 nitrogen and oxygen atoms in total. The van der Waals surface area contributed by atoms with Crippen molar-refractivity contribution in [1.82, 2.24) is 0 Å². The van der Waals surface area contributed by atoms with Crippen molar-refractivity contribution < 1.29 is 13.2 Å². The topological polar surface area (TPSA) is 12.0 Å². The SMILES string of the molecule is Cc1ccc(Br)cc1NC(C)c1ccc(C(F)(F)F)cc1. The van der Waals surface area contributed by atoms with E-state index in [9.17, 15) is 13.2 Å². The second-order valence-corrected chi connectivity index (χ2v) is 5.86. The number of aryl methyl sites for hydroxylation is 1. The first-order valence-corrected chi connectivity index (χ1v) is 7.26. The second kappa shape index (κ2) is 6.10. The van der Waals surface area contributed by atoms with Gasteiger partial charge in [0.15, 0.2) is 0 Å². The number of nitrogens with one attached hydrogen (secondary N) is 1. The molecule has 0 aromatic heterocycles. The predicted octanol–water partition coefficient (Wildman–Crippen LogP) is 5.95. The molecule has 0 aliphatic rings. The fraction of sp³-hybridized carbons (Fsp3) is 0.250. The lowest BCUT2D eigenvalue weighted by molar-refractivity contribution is -0.137. The van der Waals surface area contributed by atoms with Gasteiger partial charge in [0.1, 0.15) is 0 Å². The highest BCUT2D eigenvalue weighted by Gasteiger charge is 2.30. The molecule has 1 unspecified atom stereocenters. The molecule has 0 fully saturated rings. The van der Waals surface area contributed by atoms with Gasteiger partial charge in [0.05, 0.1) is 5.56 Å². The largest absolute Gasteiger partial charge is 0.416 e. The predicted molar refractivity (Wildman–Crippen MR) is 82.4 cm³/mol. The molecule has 2 rings (SSSR count). The van der Waals surface area contributed by atoms with Crippen molar-refractivity contribution in [1.29, 1.82) is 0 Å². The van der Waals surface area contributed by atoms with Crippen molar-refractivity contribution in [3.05, 3.63) is 63.6 Å². The molecule has 0 amide bonds. The monoisotopic (exact) mass is 357 g/mol. The maximum absolute atomic E-state index is 12.5. The maximum Gasteiger partial charge on any atom is 0.416 e. The molecule has 0 saturated heterocycles. The van der Waals surface area contributed by atoms with Crippen LogP contribution in [0.3, 0.4) is 0 Å². The zero-order valence-electron chi connectivity index (χ0n) is 11.6. The van der Waals surface area contributed by atoms with Crippen LogP contribution in [0.25, 0.3) is 0 Å². The highest BCUT2D eigenvalue weighted by Crippen LogP contribution is 2.31. The molecule has 0 aliphatic heterocycles. The summed E-state index contributed by atoms with van der Waals surface area (Å²) in [6.45, 7) is 3.90. The minimum absolute atomic E-state index is 0.0831. The third-order valence-corrected chi connectivity index (χ3v) is 3.80. The van der Waals surface area contributed by atoms with Crippen LogP contribution in [0.4, 0.5) is 18.9 Å². The summed E-state index contributed by atoms with van der Waals surface area (Å²) in [5.41, 5.74) is 2.22. The van der Waals surface area contributed by atoms with Gasteiger partial charge < -0.3 is 5.32 Å². The van der Waals surface area contributed by atoms with E-state index in [0.29, 0.717) is 0 Å². The number of anilines is 1. The van der Waals surface area contributed by atoms with E-state index in [1.54, 1.807) is 0 Å². The van der Waals surface area contributed by atoms with Crippen LogP contribution < -0.4 is 5.32 Å². The van der Waals surface area contributed by atoms with E-state index in [0.717, 1.165) is 33.4 Å². The molecular weight excluding hydrogens is 343 g/mol. The lowest BCUT2D eigenvalue weighted by atomic mass is 10.0. The van der Waals surface area contributed by atoms with E-state index >= 15 is 0 Å². The molecule has 1 N–H and O–H groups in total. The van der Waals surface area contributed by atoms with E-state index < -0.39 is 11.7 Å². The molecule has 0 saturated carbocycles. The van der Waals surface area contributed by atoms with Crippen LogP contribution in [0.15, 0.2) is 46.9 Å². The van der Waals surface area contributed by atoms with Gasteiger partial charge in [-0.2, -0.15) is 13.2 Å². The lowest BCUT2D eigenvalue weighted by Crippen LogP contribution is -2.09. The van der Waals surface area contributed by atoms with Crippen molar-refractivity contribution in [2.45, 2.75) is 26.1 Å². The third-order valence-electron chi connectivity index (χ3n) is 3.31. The zero-order valence-corrected chi connectivity index (χ0v) is 13.2. The number of hydrogen-bond donors (Lipinski definition) is 1. The van der Waals surface area contributed by atoms with Crippen LogP contribution in [0, 0.1) is 6.92 Å². The van der Waals surface area contributed by atoms with Crippen LogP contribution >= 0.6 is 15.9 Å². The highest BCUT2D eigenvalue weighted by atomic mass is 79.9. The molecule has 0 radical (unpaired) electrons. The molecule has 2 aromatic carbocycles. The van der Waals surface area contributed by atoms with Gasteiger partial charge in [0, 0.05) is 16.2 Å². The molecule has 2 aromatic rings. The summed E-state index contributed by atoms with van der Waals surface area (Å²) in [4.78, 5) is 0. The number of hydrogen-bond acceptors (Lipinski definition) is 1. The molecule has 0 heterocycles. The Labute approximate surface area is 130 Å². The Balaban J connectivity index is 2.17. The van der Waals surface area contributed by atoms with Gasteiger partial charge in [0.25, 0.3) is 0 Å². The fourth-order valence-electron chi connectivity index (χ4n) is 2.03. The second-order valence-electron chi connectivity index (χ2n) is 4.95. The number of benzene rings is 2. The van der Waals surface area contributed by atoms with Gasteiger partial charge in [-0.05, 0) is 49.2 Å². The van der Waals surface area contributed by atoms with Gasteiger partial charge >= 0.3 is 6.18 Å². The standard InChI is InChI=1S/C16H15BrF3N/c1-10-3-8-14(17)9-15(10)21-11(2)12-4-6-13(7-5-12)16(18,19)20/h3-9,11,21H,1-2H3. The molecule has 0 aliphatic carbocycles. The molecule has 0 bridgehead atoms. The van der Waals surface area contributed by atoms with E-state index in [1.165, 1.54) is 12.1 Å². The average molecular weight is 358 g/mol. The summed E-state index contributed by atoms with van der Waals surface area (Å²) in [6, 6.07) is 11.0. The normalized spacial score (nSPS) is 13.0. The highest BCUT2D eigenvalue weighted by molar-refractivity contribution is 9.10. The van der Waals surface area contributed by atoms with E-state index in [-0.39, 0.29) is 6.04 Å². The molecule has 112 valence electrons. The van der Waals surface area contributed by atoms with E-state index in [4.69, 9.17) is 0 Å². The Hall–Kier alpha value is -1.49. The minimum atomic E-state index is -4.30. The Bertz CT molecular complexity index is 620. The van der Waals surface area contributed by atoms with Crippen molar-refractivity contribution in [2.75, 3.05) is 5.32 Å². The Kier molecular flexibility index (Phi) is 4.61. The lowest BCUT2D eigenvalue weighted by Gasteiger charge is -2.18. The summed E-state index contributed by atoms with van der Waals surface area (Å²) in [7, 11) is 0. The Morgan fingerprint density at radius 1 is 1.05 bits per heavy atom. The number of rotatable bonds is 3.